The zero-order chi connectivity index (χ0) is 29.9. The first-order valence-corrected chi connectivity index (χ1v) is 19.8. The van der Waals surface area contributed by atoms with Crippen molar-refractivity contribution in [3.63, 3.8) is 0 Å². The molecule has 0 heterocycles. The predicted octanol–water partition coefficient (Wildman–Crippen LogP) is 13.2. The van der Waals surface area contributed by atoms with Crippen LogP contribution in [0.1, 0.15) is 146 Å². The Morgan fingerprint density at radius 2 is 0.650 bits per heavy atom. The molecule has 0 atom stereocenters. The molecule has 0 spiro atoms. The first-order chi connectivity index (χ1) is 19.1. The van der Waals surface area contributed by atoms with Crippen molar-refractivity contribution in [2.75, 3.05) is 13.2 Å². The molecule has 0 N–H and O–H groups in total. The van der Waals surface area contributed by atoms with Crippen molar-refractivity contribution >= 4 is 47.0 Å². The lowest BCUT2D eigenvalue weighted by Crippen LogP contribution is -2.09. The SMILES string of the molecule is CCCCCCCCOc1c(SC(C)C)c(SC(C)C)c(OCCCCCCCC)c(SC(C)C)c1SC(C)C. The van der Waals surface area contributed by atoms with Crippen molar-refractivity contribution in [3.05, 3.63) is 0 Å². The van der Waals surface area contributed by atoms with Crippen LogP contribution in [0.3, 0.4) is 0 Å². The molecule has 0 radical (unpaired) electrons. The molecule has 1 aromatic carbocycles. The van der Waals surface area contributed by atoms with Gasteiger partial charge in [-0.3, -0.25) is 0 Å². The van der Waals surface area contributed by atoms with Crippen molar-refractivity contribution in [2.24, 2.45) is 0 Å². The van der Waals surface area contributed by atoms with Crippen molar-refractivity contribution in [1.29, 1.82) is 0 Å². The summed E-state index contributed by atoms with van der Waals surface area (Å²) in [6, 6.07) is 0. The monoisotopic (exact) mass is 630 g/mol. The van der Waals surface area contributed by atoms with Gasteiger partial charge in [-0.1, -0.05) is 133 Å². The molecule has 1 aromatic rings. The minimum Gasteiger partial charge on any atom is -0.491 e. The average Bonchev–Trinajstić information content (AvgIpc) is 2.86. The van der Waals surface area contributed by atoms with E-state index in [-0.39, 0.29) is 0 Å². The van der Waals surface area contributed by atoms with E-state index >= 15 is 0 Å². The van der Waals surface area contributed by atoms with Gasteiger partial charge in [0.05, 0.1) is 32.8 Å². The Bertz CT molecular complexity index is 683. The Morgan fingerprint density at radius 3 is 0.900 bits per heavy atom. The van der Waals surface area contributed by atoms with Crippen LogP contribution in [0, 0.1) is 0 Å². The van der Waals surface area contributed by atoms with Gasteiger partial charge >= 0.3 is 0 Å². The van der Waals surface area contributed by atoms with Crippen LogP contribution in [-0.4, -0.2) is 34.2 Å². The third-order valence-corrected chi connectivity index (χ3v) is 10.8. The lowest BCUT2D eigenvalue weighted by molar-refractivity contribution is 0.270. The second kappa shape index (κ2) is 22.7. The number of rotatable bonds is 24. The van der Waals surface area contributed by atoms with E-state index in [0.717, 1.165) is 37.6 Å². The molecule has 0 bridgehead atoms. The molecule has 1 rings (SSSR count). The van der Waals surface area contributed by atoms with Crippen molar-refractivity contribution < 1.29 is 9.47 Å². The molecule has 0 aliphatic rings. The summed E-state index contributed by atoms with van der Waals surface area (Å²) in [6.45, 7) is 24.6. The number of unbranched alkanes of at least 4 members (excludes halogenated alkanes) is 10. The molecule has 234 valence electrons. The predicted molar refractivity (Wildman–Crippen MR) is 188 cm³/mol. The summed E-state index contributed by atoms with van der Waals surface area (Å²) in [5.41, 5.74) is 0. The molecule has 0 saturated carbocycles. The maximum atomic E-state index is 6.83. The molecule has 2 nitrogen and oxygen atoms in total. The fourth-order valence-electron chi connectivity index (χ4n) is 4.37. The third kappa shape index (κ3) is 15.6. The molecular formula is C34H62O2S4. The van der Waals surface area contributed by atoms with Crippen LogP contribution >= 0.6 is 47.0 Å². The van der Waals surface area contributed by atoms with Crippen LogP contribution in [-0.2, 0) is 0 Å². The van der Waals surface area contributed by atoms with Gasteiger partial charge in [0.25, 0.3) is 0 Å². The summed E-state index contributed by atoms with van der Waals surface area (Å²) >= 11 is 7.82. The van der Waals surface area contributed by atoms with E-state index in [1.165, 1.54) is 83.8 Å². The molecule has 0 aliphatic carbocycles. The number of hydrogen-bond acceptors (Lipinski definition) is 6. The molecule has 0 fully saturated rings. The molecule has 0 amide bonds. The fraction of sp³-hybridized carbons (Fsp3) is 0.824. The highest BCUT2D eigenvalue weighted by atomic mass is 32.2. The summed E-state index contributed by atoms with van der Waals surface area (Å²) in [6.07, 6.45) is 15.3. The Morgan fingerprint density at radius 1 is 0.400 bits per heavy atom. The van der Waals surface area contributed by atoms with Gasteiger partial charge in [-0.05, 0) is 12.8 Å². The molecule has 0 saturated heterocycles. The average molecular weight is 631 g/mol. The number of hydrogen-bond donors (Lipinski definition) is 0. The fourth-order valence-corrected chi connectivity index (χ4v) is 8.83. The van der Waals surface area contributed by atoms with E-state index < -0.39 is 0 Å². The van der Waals surface area contributed by atoms with Gasteiger partial charge < -0.3 is 9.47 Å². The van der Waals surface area contributed by atoms with Gasteiger partial charge in [0, 0.05) is 21.0 Å². The van der Waals surface area contributed by atoms with Gasteiger partial charge in [-0.2, -0.15) is 0 Å². The topological polar surface area (TPSA) is 18.5 Å². The lowest BCUT2D eigenvalue weighted by atomic mass is 10.1. The Hall–Kier alpha value is 0.220. The first kappa shape index (κ1) is 38.2. The summed E-state index contributed by atoms with van der Waals surface area (Å²) < 4.78 is 13.7. The van der Waals surface area contributed by atoms with Crippen molar-refractivity contribution in [3.8, 4) is 11.5 Å². The Balaban J connectivity index is 3.53. The van der Waals surface area contributed by atoms with Gasteiger partial charge in [-0.25, -0.2) is 0 Å². The quantitative estimate of drug-likeness (QED) is 0.0829. The van der Waals surface area contributed by atoms with Crippen LogP contribution in [0.2, 0.25) is 0 Å². The van der Waals surface area contributed by atoms with Gasteiger partial charge in [0.15, 0.2) is 0 Å². The normalized spacial score (nSPS) is 11.9. The maximum absolute atomic E-state index is 6.83. The molecule has 40 heavy (non-hydrogen) atoms. The molecular weight excluding hydrogens is 569 g/mol. The highest BCUT2D eigenvalue weighted by Gasteiger charge is 2.30. The second-order valence-corrected chi connectivity index (χ2v) is 18.2. The minimum atomic E-state index is 0.467. The van der Waals surface area contributed by atoms with Gasteiger partial charge in [0.2, 0.25) is 0 Å². The van der Waals surface area contributed by atoms with Crippen LogP contribution in [0.15, 0.2) is 19.6 Å². The first-order valence-electron chi connectivity index (χ1n) is 16.3. The smallest absolute Gasteiger partial charge is 0.148 e. The van der Waals surface area contributed by atoms with E-state index in [1.807, 2.05) is 47.0 Å². The zero-order valence-electron chi connectivity index (χ0n) is 27.7. The van der Waals surface area contributed by atoms with Crippen LogP contribution < -0.4 is 9.47 Å². The second-order valence-electron chi connectivity index (χ2n) is 11.9. The van der Waals surface area contributed by atoms with E-state index in [2.05, 4.69) is 69.2 Å². The maximum Gasteiger partial charge on any atom is 0.148 e. The number of benzene rings is 1. The molecule has 6 heteroatoms. The summed E-state index contributed by atoms with van der Waals surface area (Å²) in [4.78, 5) is 5.20. The summed E-state index contributed by atoms with van der Waals surface area (Å²) in [7, 11) is 0. The van der Waals surface area contributed by atoms with Gasteiger partial charge in [0.1, 0.15) is 11.5 Å². The van der Waals surface area contributed by atoms with E-state index in [9.17, 15) is 0 Å². The van der Waals surface area contributed by atoms with E-state index in [4.69, 9.17) is 9.47 Å². The third-order valence-electron chi connectivity index (χ3n) is 6.14. The Kier molecular flexibility index (Phi) is 21.7. The lowest BCUT2D eigenvalue weighted by Gasteiger charge is -2.28. The summed E-state index contributed by atoms with van der Waals surface area (Å²) in [5.74, 6) is 2.23. The highest BCUT2D eigenvalue weighted by molar-refractivity contribution is 8.04. The standard InChI is InChI=1S/C34H62O2S4/c1-11-13-15-17-19-21-23-35-29-31(37-25(3)4)33(39-27(7)8)30(36-24-22-20-18-16-14-12-2)34(40-28(9)10)32(29)38-26(5)6/h25-28H,11-24H2,1-10H3. The molecule has 0 aromatic heterocycles. The van der Waals surface area contributed by atoms with Crippen LogP contribution in [0.4, 0.5) is 0 Å². The van der Waals surface area contributed by atoms with E-state index in [1.54, 1.807) is 0 Å². The van der Waals surface area contributed by atoms with Crippen molar-refractivity contribution in [1.82, 2.24) is 0 Å². The van der Waals surface area contributed by atoms with Crippen LogP contribution in [0.5, 0.6) is 11.5 Å². The minimum absolute atomic E-state index is 0.467. The molecule has 0 aliphatic heterocycles. The van der Waals surface area contributed by atoms with E-state index in [0.29, 0.717) is 21.0 Å². The highest BCUT2D eigenvalue weighted by Crippen LogP contribution is 2.57. The number of thioether (sulfide) groups is 4. The van der Waals surface area contributed by atoms with Crippen LogP contribution in [0.25, 0.3) is 0 Å². The largest absolute Gasteiger partial charge is 0.491 e. The zero-order valence-corrected chi connectivity index (χ0v) is 30.9. The number of ether oxygens (including phenoxy) is 2. The van der Waals surface area contributed by atoms with Gasteiger partial charge in [-0.15, -0.1) is 47.0 Å². The Labute approximate surface area is 266 Å². The summed E-state index contributed by atoms with van der Waals surface area (Å²) in [5, 5.41) is 1.87. The molecule has 0 unspecified atom stereocenters. The van der Waals surface area contributed by atoms with Crippen molar-refractivity contribution in [2.45, 2.75) is 187 Å².